The minimum Gasteiger partial charge on any atom is -0.367 e. The minimum absolute atomic E-state index is 0.0124. The molecule has 0 aromatic heterocycles. The number of nitrogens with one attached hydrogen (secondary N) is 1. The first kappa shape index (κ1) is 13.3. The van der Waals surface area contributed by atoms with Gasteiger partial charge in [0.1, 0.15) is 0 Å². The molecule has 17 heavy (non-hydrogen) atoms. The van der Waals surface area contributed by atoms with Crippen LogP contribution in [0.3, 0.4) is 0 Å². The molecule has 0 spiro atoms. The molecular weight excluding hydrogens is 212 g/mol. The summed E-state index contributed by atoms with van der Waals surface area (Å²) in [6, 6.07) is 0.743. The maximum atomic E-state index is 6.16. The van der Waals surface area contributed by atoms with Gasteiger partial charge in [0, 0.05) is 19.1 Å². The maximum absolute atomic E-state index is 6.16. The Labute approximate surface area is 106 Å². The molecule has 0 aromatic carbocycles. The zero-order valence-electron chi connectivity index (χ0n) is 11.9. The Morgan fingerprint density at radius 2 is 1.65 bits per heavy atom. The summed E-state index contributed by atoms with van der Waals surface area (Å²) in [5.41, 5.74) is -0.0248. The quantitative estimate of drug-likeness (QED) is 0.759. The van der Waals surface area contributed by atoms with Crippen molar-refractivity contribution in [3.63, 3.8) is 0 Å². The van der Waals surface area contributed by atoms with E-state index in [4.69, 9.17) is 4.74 Å². The molecule has 3 nitrogen and oxygen atoms in total. The summed E-state index contributed by atoms with van der Waals surface area (Å²) in [6.07, 6.45) is 3.92. The van der Waals surface area contributed by atoms with Crippen molar-refractivity contribution in [1.82, 2.24) is 10.2 Å². The predicted molar refractivity (Wildman–Crippen MR) is 71.3 cm³/mol. The minimum atomic E-state index is -0.0124. The first-order valence-corrected chi connectivity index (χ1v) is 7.03. The molecule has 0 aliphatic carbocycles. The van der Waals surface area contributed by atoms with Crippen molar-refractivity contribution in [1.29, 1.82) is 0 Å². The van der Waals surface area contributed by atoms with Crippen molar-refractivity contribution in [3.8, 4) is 0 Å². The molecule has 1 N–H and O–H groups in total. The average molecular weight is 240 g/mol. The van der Waals surface area contributed by atoms with Gasteiger partial charge in [0.2, 0.25) is 0 Å². The lowest BCUT2D eigenvalue weighted by Crippen LogP contribution is -2.59. The van der Waals surface area contributed by atoms with E-state index in [1.54, 1.807) is 0 Å². The molecule has 2 saturated heterocycles. The van der Waals surface area contributed by atoms with Crippen LogP contribution >= 0.6 is 0 Å². The molecule has 1 unspecified atom stereocenters. The van der Waals surface area contributed by atoms with E-state index in [1.807, 2.05) is 0 Å². The molecule has 2 aliphatic rings. The van der Waals surface area contributed by atoms with Crippen LogP contribution in [0, 0.1) is 0 Å². The van der Waals surface area contributed by atoms with Gasteiger partial charge in [-0.2, -0.15) is 0 Å². The number of morpholine rings is 1. The summed E-state index contributed by atoms with van der Waals surface area (Å²) in [7, 11) is 0. The second kappa shape index (κ2) is 4.87. The van der Waals surface area contributed by atoms with Gasteiger partial charge in [0.05, 0.1) is 11.2 Å². The van der Waals surface area contributed by atoms with Gasteiger partial charge in [-0.1, -0.05) is 0 Å². The molecule has 100 valence electrons. The van der Waals surface area contributed by atoms with Gasteiger partial charge in [-0.25, -0.2) is 0 Å². The number of nitrogens with zero attached hydrogens (tertiary/aromatic N) is 1. The van der Waals surface area contributed by atoms with Gasteiger partial charge < -0.3 is 10.1 Å². The number of hydrogen-bond acceptors (Lipinski definition) is 3. The van der Waals surface area contributed by atoms with Gasteiger partial charge >= 0.3 is 0 Å². The SMILES string of the molecule is CC1(C)CN(C2CCCNCC2)CC(C)(C)O1. The molecule has 2 rings (SSSR count). The van der Waals surface area contributed by atoms with E-state index in [0.29, 0.717) is 0 Å². The van der Waals surface area contributed by atoms with Crippen LogP contribution < -0.4 is 5.32 Å². The molecule has 2 aliphatic heterocycles. The fraction of sp³-hybridized carbons (Fsp3) is 1.00. The predicted octanol–water partition coefficient (Wildman–Crippen LogP) is 2.02. The van der Waals surface area contributed by atoms with Gasteiger partial charge in [0.25, 0.3) is 0 Å². The van der Waals surface area contributed by atoms with Crippen molar-refractivity contribution >= 4 is 0 Å². The van der Waals surface area contributed by atoms with Crippen LogP contribution in [-0.2, 0) is 4.74 Å². The molecule has 0 aromatic rings. The third-order valence-electron chi connectivity index (χ3n) is 3.78. The Hall–Kier alpha value is -0.120. The van der Waals surface area contributed by atoms with Crippen LogP contribution in [0.25, 0.3) is 0 Å². The topological polar surface area (TPSA) is 24.5 Å². The second-order valence-electron chi connectivity index (χ2n) is 6.86. The molecule has 0 saturated carbocycles. The highest BCUT2D eigenvalue weighted by molar-refractivity contribution is 4.92. The molecular formula is C14H28N2O. The van der Waals surface area contributed by atoms with Crippen LogP contribution in [0.5, 0.6) is 0 Å². The monoisotopic (exact) mass is 240 g/mol. The molecule has 0 amide bonds. The summed E-state index contributed by atoms with van der Waals surface area (Å²) < 4.78 is 6.16. The van der Waals surface area contributed by atoms with E-state index >= 15 is 0 Å². The van der Waals surface area contributed by atoms with E-state index in [2.05, 4.69) is 37.9 Å². The van der Waals surface area contributed by atoms with Crippen LogP contribution in [-0.4, -0.2) is 48.3 Å². The van der Waals surface area contributed by atoms with Crippen molar-refractivity contribution in [2.45, 2.75) is 64.2 Å². The van der Waals surface area contributed by atoms with Crippen LogP contribution in [0.1, 0.15) is 47.0 Å². The summed E-state index contributed by atoms with van der Waals surface area (Å²) in [5, 5.41) is 3.50. The zero-order valence-corrected chi connectivity index (χ0v) is 11.9. The fourth-order valence-electron chi connectivity index (χ4n) is 3.47. The Bertz CT molecular complexity index is 239. The highest BCUT2D eigenvalue weighted by Crippen LogP contribution is 2.30. The van der Waals surface area contributed by atoms with Crippen molar-refractivity contribution in [2.24, 2.45) is 0 Å². The van der Waals surface area contributed by atoms with Crippen molar-refractivity contribution < 1.29 is 4.74 Å². The molecule has 2 heterocycles. The largest absolute Gasteiger partial charge is 0.367 e. The van der Waals surface area contributed by atoms with Crippen molar-refractivity contribution in [2.75, 3.05) is 26.2 Å². The first-order chi connectivity index (χ1) is 7.88. The van der Waals surface area contributed by atoms with Gasteiger partial charge in [0.15, 0.2) is 0 Å². The van der Waals surface area contributed by atoms with E-state index in [1.165, 1.54) is 32.4 Å². The molecule has 2 fully saturated rings. The Kier molecular flexibility index (Phi) is 3.81. The van der Waals surface area contributed by atoms with Gasteiger partial charge in [-0.05, 0) is 60.0 Å². The van der Waals surface area contributed by atoms with E-state index in [0.717, 1.165) is 19.1 Å². The van der Waals surface area contributed by atoms with Crippen molar-refractivity contribution in [3.05, 3.63) is 0 Å². The summed E-state index contributed by atoms with van der Waals surface area (Å²) in [5.74, 6) is 0. The smallest absolute Gasteiger partial charge is 0.0760 e. The van der Waals surface area contributed by atoms with Gasteiger partial charge in [-0.3, -0.25) is 4.90 Å². The Morgan fingerprint density at radius 1 is 1.00 bits per heavy atom. The lowest BCUT2D eigenvalue weighted by atomic mass is 9.95. The average Bonchev–Trinajstić information content (AvgIpc) is 2.40. The fourth-order valence-corrected chi connectivity index (χ4v) is 3.47. The number of ether oxygens (including phenoxy) is 1. The standard InChI is InChI=1S/C14H28N2O/c1-13(2)10-16(11-14(3,4)17-13)12-6-5-8-15-9-7-12/h12,15H,5-11H2,1-4H3. The van der Waals surface area contributed by atoms with E-state index in [9.17, 15) is 0 Å². The molecule has 0 radical (unpaired) electrons. The zero-order chi connectivity index (χ0) is 12.5. The molecule has 0 bridgehead atoms. The third kappa shape index (κ3) is 3.67. The van der Waals surface area contributed by atoms with Crippen LogP contribution in [0.15, 0.2) is 0 Å². The normalized spacial score (nSPS) is 34.2. The Balaban J connectivity index is 2.03. The summed E-state index contributed by atoms with van der Waals surface area (Å²) in [4.78, 5) is 2.66. The molecule has 3 heteroatoms. The number of hydrogen-bond donors (Lipinski definition) is 1. The molecule has 1 atom stereocenters. The lowest BCUT2D eigenvalue weighted by Gasteiger charge is -2.49. The van der Waals surface area contributed by atoms with Crippen LogP contribution in [0.2, 0.25) is 0 Å². The van der Waals surface area contributed by atoms with E-state index < -0.39 is 0 Å². The second-order valence-corrected chi connectivity index (χ2v) is 6.86. The number of rotatable bonds is 1. The lowest BCUT2D eigenvalue weighted by molar-refractivity contribution is -0.188. The first-order valence-electron chi connectivity index (χ1n) is 7.03. The summed E-state index contributed by atoms with van der Waals surface area (Å²) in [6.45, 7) is 13.4. The third-order valence-corrected chi connectivity index (χ3v) is 3.78. The summed E-state index contributed by atoms with van der Waals surface area (Å²) >= 11 is 0. The van der Waals surface area contributed by atoms with E-state index in [-0.39, 0.29) is 11.2 Å². The van der Waals surface area contributed by atoms with Crippen LogP contribution in [0.4, 0.5) is 0 Å². The maximum Gasteiger partial charge on any atom is 0.0760 e. The Morgan fingerprint density at radius 3 is 2.29 bits per heavy atom. The highest BCUT2D eigenvalue weighted by atomic mass is 16.5. The van der Waals surface area contributed by atoms with Gasteiger partial charge in [-0.15, -0.1) is 0 Å². The highest BCUT2D eigenvalue weighted by Gasteiger charge is 2.40.